The van der Waals surface area contributed by atoms with Gasteiger partial charge >= 0.3 is 0 Å². The summed E-state index contributed by atoms with van der Waals surface area (Å²) in [5.74, 6) is 0.354. The molecule has 0 aromatic carbocycles. The number of furan rings is 2. The van der Waals surface area contributed by atoms with Crippen molar-refractivity contribution < 1.29 is 18.4 Å². The van der Waals surface area contributed by atoms with Crippen molar-refractivity contribution in [3.63, 3.8) is 0 Å². The Hall–Kier alpha value is -2.30. The molecule has 1 N–H and O–H groups in total. The zero-order valence-corrected chi connectivity index (χ0v) is 9.23. The van der Waals surface area contributed by atoms with Crippen LogP contribution in [0.1, 0.15) is 26.9 Å². The Morgan fingerprint density at radius 2 is 2.06 bits per heavy atom. The fourth-order valence-electron chi connectivity index (χ4n) is 1.33. The highest BCUT2D eigenvalue weighted by Gasteiger charge is 2.13. The predicted molar refractivity (Wildman–Crippen MR) is 58.8 cm³/mol. The Bertz CT molecular complexity index is 524. The molecule has 0 unspecified atom stereocenters. The SMILES string of the molecule is Cc1ccc(C(=O)NCC(=O)c2ccco2)o1. The molecule has 0 atom stereocenters. The number of hydrogen-bond donors (Lipinski definition) is 1. The Morgan fingerprint density at radius 3 is 2.65 bits per heavy atom. The molecular formula is C12H11NO4. The molecule has 0 spiro atoms. The van der Waals surface area contributed by atoms with Gasteiger partial charge in [0.15, 0.2) is 11.5 Å². The number of carbonyl (C=O) groups is 2. The molecule has 0 aliphatic carbocycles. The van der Waals surface area contributed by atoms with Crippen LogP contribution in [0.5, 0.6) is 0 Å². The molecule has 2 aromatic rings. The molecule has 2 heterocycles. The maximum Gasteiger partial charge on any atom is 0.287 e. The van der Waals surface area contributed by atoms with Gasteiger partial charge in [-0.25, -0.2) is 0 Å². The summed E-state index contributed by atoms with van der Waals surface area (Å²) in [7, 11) is 0. The predicted octanol–water partition coefficient (Wildman–Crippen LogP) is 1.79. The number of aryl methyl sites for hydroxylation is 1. The van der Waals surface area contributed by atoms with Gasteiger partial charge < -0.3 is 14.2 Å². The van der Waals surface area contributed by atoms with Gasteiger partial charge in [0.25, 0.3) is 5.91 Å². The molecule has 2 aromatic heterocycles. The van der Waals surface area contributed by atoms with Crippen LogP contribution < -0.4 is 5.32 Å². The molecule has 0 aliphatic rings. The van der Waals surface area contributed by atoms with Crippen LogP contribution in [-0.2, 0) is 0 Å². The average Bonchev–Trinajstić information content (AvgIpc) is 2.95. The minimum Gasteiger partial charge on any atom is -0.461 e. The van der Waals surface area contributed by atoms with Crippen LogP contribution >= 0.6 is 0 Å². The van der Waals surface area contributed by atoms with Crippen molar-refractivity contribution in [1.29, 1.82) is 0 Å². The Kier molecular flexibility index (Phi) is 3.09. The fraction of sp³-hybridized carbons (Fsp3) is 0.167. The first kappa shape index (κ1) is 11.2. The summed E-state index contributed by atoms with van der Waals surface area (Å²) in [5, 5.41) is 2.46. The molecule has 0 radical (unpaired) electrons. The highest BCUT2D eigenvalue weighted by Crippen LogP contribution is 2.06. The van der Waals surface area contributed by atoms with Crippen LogP contribution in [0.15, 0.2) is 39.4 Å². The third kappa shape index (κ3) is 2.63. The Morgan fingerprint density at radius 1 is 1.24 bits per heavy atom. The van der Waals surface area contributed by atoms with E-state index in [-0.39, 0.29) is 23.8 Å². The van der Waals surface area contributed by atoms with Crippen molar-refractivity contribution in [3.8, 4) is 0 Å². The van der Waals surface area contributed by atoms with E-state index >= 15 is 0 Å². The number of carbonyl (C=O) groups excluding carboxylic acids is 2. The molecule has 0 aliphatic heterocycles. The highest BCUT2D eigenvalue weighted by atomic mass is 16.4. The van der Waals surface area contributed by atoms with Crippen LogP contribution in [0.25, 0.3) is 0 Å². The fourth-order valence-corrected chi connectivity index (χ4v) is 1.33. The molecule has 0 bridgehead atoms. The molecule has 5 nitrogen and oxygen atoms in total. The van der Waals surface area contributed by atoms with E-state index in [1.165, 1.54) is 6.26 Å². The van der Waals surface area contributed by atoms with Crippen LogP contribution in [0.4, 0.5) is 0 Å². The minimum atomic E-state index is -0.419. The lowest BCUT2D eigenvalue weighted by atomic mass is 10.3. The largest absolute Gasteiger partial charge is 0.461 e. The first-order chi connectivity index (χ1) is 8.16. The number of rotatable bonds is 4. The van der Waals surface area contributed by atoms with Crippen LogP contribution in [0, 0.1) is 6.92 Å². The topological polar surface area (TPSA) is 72.5 Å². The quantitative estimate of drug-likeness (QED) is 0.817. The van der Waals surface area contributed by atoms with Gasteiger partial charge in [0, 0.05) is 0 Å². The van der Waals surface area contributed by atoms with E-state index < -0.39 is 5.91 Å². The molecule has 0 saturated carbocycles. The molecule has 5 heteroatoms. The van der Waals surface area contributed by atoms with Gasteiger partial charge in [0.2, 0.25) is 5.78 Å². The molecule has 0 saturated heterocycles. The second-order valence-electron chi connectivity index (χ2n) is 3.49. The smallest absolute Gasteiger partial charge is 0.287 e. The number of amides is 1. The highest BCUT2D eigenvalue weighted by molar-refractivity contribution is 5.99. The molecule has 1 amide bonds. The standard InChI is InChI=1S/C12H11NO4/c1-8-4-5-11(17-8)12(15)13-7-9(14)10-3-2-6-16-10/h2-6H,7H2,1H3,(H,13,15). The van der Waals surface area contributed by atoms with Crippen LogP contribution in [0.3, 0.4) is 0 Å². The van der Waals surface area contributed by atoms with Gasteiger partial charge in [-0.05, 0) is 31.2 Å². The van der Waals surface area contributed by atoms with Gasteiger partial charge in [-0.2, -0.15) is 0 Å². The van der Waals surface area contributed by atoms with E-state index in [4.69, 9.17) is 8.83 Å². The third-order valence-corrected chi connectivity index (χ3v) is 2.17. The van der Waals surface area contributed by atoms with Gasteiger partial charge in [0.05, 0.1) is 12.8 Å². The van der Waals surface area contributed by atoms with Crippen molar-refractivity contribution in [2.45, 2.75) is 6.92 Å². The molecular weight excluding hydrogens is 222 g/mol. The lowest BCUT2D eigenvalue weighted by molar-refractivity contribution is 0.0875. The second-order valence-corrected chi connectivity index (χ2v) is 3.49. The summed E-state index contributed by atoms with van der Waals surface area (Å²) in [6.45, 7) is 1.62. The van der Waals surface area contributed by atoms with Crippen molar-refractivity contribution in [2.75, 3.05) is 6.54 Å². The van der Waals surface area contributed by atoms with E-state index in [0.717, 1.165) is 0 Å². The summed E-state index contributed by atoms with van der Waals surface area (Å²) < 4.78 is 10.0. The maximum atomic E-state index is 11.5. The van der Waals surface area contributed by atoms with Crippen LogP contribution in [0.2, 0.25) is 0 Å². The third-order valence-electron chi connectivity index (χ3n) is 2.17. The van der Waals surface area contributed by atoms with Crippen molar-refractivity contribution in [2.24, 2.45) is 0 Å². The normalized spacial score (nSPS) is 10.2. The van der Waals surface area contributed by atoms with E-state index in [1.54, 1.807) is 31.2 Å². The molecule has 17 heavy (non-hydrogen) atoms. The Labute approximate surface area is 97.4 Å². The lowest BCUT2D eigenvalue weighted by Gasteiger charge is -2.00. The summed E-state index contributed by atoms with van der Waals surface area (Å²) in [6, 6.07) is 6.40. The monoisotopic (exact) mass is 233 g/mol. The zero-order valence-electron chi connectivity index (χ0n) is 9.23. The molecule has 0 fully saturated rings. The first-order valence-electron chi connectivity index (χ1n) is 5.08. The molecule has 88 valence electrons. The van der Waals surface area contributed by atoms with Crippen molar-refractivity contribution in [3.05, 3.63) is 47.8 Å². The summed E-state index contributed by atoms with van der Waals surface area (Å²) in [6.07, 6.45) is 1.41. The number of Topliss-reactive ketones (excluding diaryl/α,β-unsaturated/α-hetero) is 1. The number of hydrogen-bond acceptors (Lipinski definition) is 4. The van der Waals surface area contributed by atoms with Crippen molar-refractivity contribution >= 4 is 11.7 Å². The van der Waals surface area contributed by atoms with Crippen molar-refractivity contribution in [1.82, 2.24) is 5.32 Å². The zero-order chi connectivity index (χ0) is 12.3. The second kappa shape index (κ2) is 4.69. The number of ketones is 1. The van der Waals surface area contributed by atoms with E-state index in [1.807, 2.05) is 0 Å². The summed E-state index contributed by atoms with van der Waals surface area (Å²) >= 11 is 0. The summed E-state index contributed by atoms with van der Waals surface area (Å²) in [5.41, 5.74) is 0. The Balaban J connectivity index is 1.91. The summed E-state index contributed by atoms with van der Waals surface area (Å²) in [4.78, 5) is 23.1. The lowest BCUT2D eigenvalue weighted by Crippen LogP contribution is -2.29. The van der Waals surface area contributed by atoms with Gasteiger partial charge in [-0.3, -0.25) is 9.59 Å². The maximum absolute atomic E-state index is 11.5. The number of nitrogens with one attached hydrogen (secondary N) is 1. The average molecular weight is 233 g/mol. The first-order valence-corrected chi connectivity index (χ1v) is 5.08. The van der Waals surface area contributed by atoms with Crippen LogP contribution in [-0.4, -0.2) is 18.2 Å². The van der Waals surface area contributed by atoms with E-state index in [9.17, 15) is 9.59 Å². The van der Waals surface area contributed by atoms with Gasteiger partial charge in [-0.1, -0.05) is 0 Å². The molecule has 2 rings (SSSR count). The van der Waals surface area contributed by atoms with Gasteiger partial charge in [-0.15, -0.1) is 0 Å². The minimum absolute atomic E-state index is 0.119. The van der Waals surface area contributed by atoms with E-state index in [0.29, 0.717) is 5.76 Å². The van der Waals surface area contributed by atoms with Gasteiger partial charge in [0.1, 0.15) is 5.76 Å². The van der Waals surface area contributed by atoms with E-state index in [2.05, 4.69) is 5.32 Å².